The highest BCUT2D eigenvalue weighted by molar-refractivity contribution is 5.94. The average Bonchev–Trinajstić information content (AvgIpc) is 2.59. The van der Waals surface area contributed by atoms with Gasteiger partial charge >= 0.3 is 0 Å². The molecule has 1 heterocycles. The van der Waals surface area contributed by atoms with Crippen LogP contribution in [0.4, 0.5) is 0 Å². The minimum atomic E-state index is -0.138. The number of nitrogens with zero attached hydrogens (tertiary/aromatic N) is 2. The number of carbonyl (C=O) groups is 1. The number of fused-ring (bicyclic) bond motifs is 1. The molecule has 1 amide bonds. The van der Waals surface area contributed by atoms with Crippen molar-refractivity contribution in [1.29, 1.82) is 0 Å². The van der Waals surface area contributed by atoms with E-state index in [4.69, 9.17) is 0 Å². The molecule has 0 radical (unpaired) electrons. The predicted molar refractivity (Wildman–Crippen MR) is 89.3 cm³/mol. The van der Waals surface area contributed by atoms with Crippen LogP contribution in [-0.2, 0) is 13.6 Å². The maximum absolute atomic E-state index is 12.3. The smallest absolute Gasteiger partial charge is 0.261 e. The lowest BCUT2D eigenvalue weighted by Crippen LogP contribution is -2.23. The van der Waals surface area contributed by atoms with Gasteiger partial charge in [0, 0.05) is 19.2 Å². The standard InChI is InChI=1S/C18H17N3O2/c1-12-20-16-9-8-13(10-15(16)18(23)21(12)2)11-19-17(22)14-6-4-3-5-7-14/h3-10H,11H2,1-2H3,(H,19,22). The highest BCUT2D eigenvalue weighted by atomic mass is 16.1. The third-order valence-corrected chi connectivity index (χ3v) is 3.85. The van der Waals surface area contributed by atoms with Crippen LogP contribution in [-0.4, -0.2) is 15.5 Å². The Kier molecular flexibility index (Phi) is 3.93. The summed E-state index contributed by atoms with van der Waals surface area (Å²) in [6.07, 6.45) is 0. The molecular formula is C18H17N3O2. The van der Waals surface area contributed by atoms with Crippen molar-refractivity contribution >= 4 is 16.8 Å². The molecule has 0 saturated heterocycles. The lowest BCUT2D eigenvalue weighted by molar-refractivity contribution is 0.0951. The molecular weight excluding hydrogens is 290 g/mol. The van der Waals surface area contributed by atoms with Crippen LogP contribution in [0.5, 0.6) is 0 Å². The van der Waals surface area contributed by atoms with Gasteiger partial charge in [-0.1, -0.05) is 24.3 Å². The molecule has 5 nitrogen and oxygen atoms in total. The van der Waals surface area contributed by atoms with E-state index in [0.717, 1.165) is 5.56 Å². The minimum Gasteiger partial charge on any atom is -0.348 e. The maximum Gasteiger partial charge on any atom is 0.261 e. The molecule has 0 fully saturated rings. The molecule has 3 aromatic rings. The average molecular weight is 307 g/mol. The first kappa shape index (κ1) is 15.0. The number of hydrogen-bond acceptors (Lipinski definition) is 3. The molecule has 2 aromatic carbocycles. The van der Waals surface area contributed by atoms with E-state index in [9.17, 15) is 9.59 Å². The van der Waals surface area contributed by atoms with Gasteiger partial charge in [0.2, 0.25) is 0 Å². The second-order valence-corrected chi connectivity index (χ2v) is 5.42. The van der Waals surface area contributed by atoms with E-state index >= 15 is 0 Å². The van der Waals surface area contributed by atoms with Crippen LogP contribution >= 0.6 is 0 Å². The summed E-state index contributed by atoms with van der Waals surface area (Å²) in [6, 6.07) is 14.5. The lowest BCUT2D eigenvalue weighted by atomic mass is 10.1. The summed E-state index contributed by atoms with van der Waals surface area (Å²) in [5.41, 5.74) is 2.07. The van der Waals surface area contributed by atoms with Gasteiger partial charge in [-0.05, 0) is 36.8 Å². The van der Waals surface area contributed by atoms with Gasteiger partial charge in [0.05, 0.1) is 10.9 Å². The normalized spacial score (nSPS) is 10.7. The van der Waals surface area contributed by atoms with Gasteiger partial charge in [-0.2, -0.15) is 0 Å². The zero-order valence-electron chi connectivity index (χ0n) is 13.0. The molecule has 1 N–H and O–H groups in total. The van der Waals surface area contributed by atoms with Crippen molar-refractivity contribution in [2.45, 2.75) is 13.5 Å². The van der Waals surface area contributed by atoms with Gasteiger partial charge < -0.3 is 5.32 Å². The van der Waals surface area contributed by atoms with Gasteiger partial charge in [-0.25, -0.2) is 4.98 Å². The number of aromatic nitrogens is 2. The van der Waals surface area contributed by atoms with E-state index in [0.29, 0.717) is 28.8 Å². The summed E-state index contributed by atoms with van der Waals surface area (Å²) in [4.78, 5) is 28.8. The molecule has 0 aliphatic carbocycles. The van der Waals surface area contributed by atoms with Gasteiger partial charge in [0.25, 0.3) is 11.5 Å². The summed E-state index contributed by atoms with van der Waals surface area (Å²) in [5, 5.41) is 3.42. The summed E-state index contributed by atoms with van der Waals surface area (Å²) >= 11 is 0. The topological polar surface area (TPSA) is 64.0 Å². The molecule has 0 spiro atoms. The first-order chi connectivity index (χ1) is 11.1. The van der Waals surface area contributed by atoms with Crippen molar-refractivity contribution in [2.24, 2.45) is 7.05 Å². The molecule has 5 heteroatoms. The highest BCUT2D eigenvalue weighted by Gasteiger charge is 2.08. The van der Waals surface area contributed by atoms with E-state index in [-0.39, 0.29) is 11.5 Å². The van der Waals surface area contributed by atoms with Crippen molar-refractivity contribution in [3.05, 3.63) is 75.8 Å². The van der Waals surface area contributed by atoms with E-state index in [2.05, 4.69) is 10.3 Å². The molecule has 23 heavy (non-hydrogen) atoms. The second-order valence-electron chi connectivity index (χ2n) is 5.42. The molecule has 0 unspecified atom stereocenters. The van der Waals surface area contributed by atoms with E-state index < -0.39 is 0 Å². The zero-order chi connectivity index (χ0) is 16.4. The number of benzene rings is 2. The number of nitrogens with one attached hydrogen (secondary N) is 1. The molecule has 0 bridgehead atoms. The molecule has 0 aliphatic rings. The predicted octanol–water partition coefficient (Wildman–Crippen LogP) is 2.17. The molecule has 3 rings (SSSR count). The molecule has 0 saturated carbocycles. The molecule has 1 aromatic heterocycles. The van der Waals surface area contributed by atoms with E-state index in [1.165, 1.54) is 4.57 Å². The monoisotopic (exact) mass is 307 g/mol. The third kappa shape index (κ3) is 2.99. The number of rotatable bonds is 3. The second kappa shape index (κ2) is 6.04. The number of amides is 1. The molecule has 116 valence electrons. The van der Waals surface area contributed by atoms with Crippen molar-refractivity contribution < 1.29 is 4.79 Å². The fraction of sp³-hybridized carbons (Fsp3) is 0.167. The van der Waals surface area contributed by atoms with E-state index in [1.54, 1.807) is 32.2 Å². The Labute approximate surface area is 133 Å². The highest BCUT2D eigenvalue weighted by Crippen LogP contribution is 2.11. The maximum atomic E-state index is 12.3. The van der Waals surface area contributed by atoms with Crippen molar-refractivity contribution in [3.63, 3.8) is 0 Å². The summed E-state index contributed by atoms with van der Waals surface area (Å²) in [7, 11) is 1.70. The lowest BCUT2D eigenvalue weighted by Gasteiger charge is -2.08. The Bertz CT molecular complexity index is 930. The summed E-state index contributed by atoms with van der Waals surface area (Å²) < 4.78 is 1.52. The Hall–Kier alpha value is -2.95. The fourth-order valence-electron chi connectivity index (χ4n) is 2.41. The Morgan fingerprint density at radius 2 is 1.91 bits per heavy atom. The van der Waals surface area contributed by atoms with Gasteiger partial charge in [-0.3, -0.25) is 14.2 Å². The van der Waals surface area contributed by atoms with Crippen LogP contribution in [0.25, 0.3) is 10.9 Å². The Balaban J connectivity index is 1.84. The van der Waals surface area contributed by atoms with Crippen LogP contribution in [0.2, 0.25) is 0 Å². The molecule has 0 atom stereocenters. The van der Waals surface area contributed by atoms with Crippen LogP contribution in [0, 0.1) is 6.92 Å². The largest absolute Gasteiger partial charge is 0.348 e. The van der Waals surface area contributed by atoms with Crippen LogP contribution in [0.3, 0.4) is 0 Å². The minimum absolute atomic E-state index is 0.0799. The van der Waals surface area contributed by atoms with Crippen LogP contribution in [0.1, 0.15) is 21.7 Å². The number of hydrogen-bond donors (Lipinski definition) is 1. The Morgan fingerprint density at radius 1 is 1.17 bits per heavy atom. The van der Waals surface area contributed by atoms with Crippen molar-refractivity contribution in [1.82, 2.24) is 14.9 Å². The summed E-state index contributed by atoms with van der Waals surface area (Å²) in [6.45, 7) is 2.16. The summed E-state index contributed by atoms with van der Waals surface area (Å²) in [5.74, 6) is 0.535. The number of carbonyl (C=O) groups excluding carboxylic acids is 1. The quantitative estimate of drug-likeness (QED) is 0.806. The van der Waals surface area contributed by atoms with Crippen LogP contribution < -0.4 is 10.9 Å². The zero-order valence-corrected chi connectivity index (χ0v) is 13.0. The van der Waals surface area contributed by atoms with Crippen molar-refractivity contribution in [3.8, 4) is 0 Å². The number of aryl methyl sites for hydroxylation is 1. The van der Waals surface area contributed by atoms with Crippen molar-refractivity contribution in [2.75, 3.05) is 0 Å². The molecule has 0 aliphatic heterocycles. The first-order valence-corrected chi connectivity index (χ1v) is 7.36. The van der Waals surface area contributed by atoms with Gasteiger partial charge in [0.15, 0.2) is 0 Å². The SMILES string of the molecule is Cc1nc2ccc(CNC(=O)c3ccccc3)cc2c(=O)n1C. The van der Waals surface area contributed by atoms with Crippen LogP contribution in [0.15, 0.2) is 53.3 Å². The van der Waals surface area contributed by atoms with E-state index in [1.807, 2.05) is 30.3 Å². The van der Waals surface area contributed by atoms with Gasteiger partial charge in [0.1, 0.15) is 5.82 Å². The first-order valence-electron chi connectivity index (χ1n) is 7.36. The third-order valence-electron chi connectivity index (χ3n) is 3.85. The Morgan fingerprint density at radius 3 is 2.65 bits per heavy atom. The van der Waals surface area contributed by atoms with Gasteiger partial charge in [-0.15, -0.1) is 0 Å². The fourth-order valence-corrected chi connectivity index (χ4v) is 2.41.